The number of rotatable bonds is 6. The molecule has 7 heteroatoms. The van der Waals surface area contributed by atoms with Gasteiger partial charge in [-0.05, 0) is 50.1 Å². The second-order valence-electron chi connectivity index (χ2n) is 7.22. The van der Waals surface area contributed by atoms with Gasteiger partial charge in [0.25, 0.3) is 5.91 Å². The minimum atomic E-state index is -0.191. The molecule has 0 aliphatic carbocycles. The predicted octanol–water partition coefficient (Wildman–Crippen LogP) is 3.95. The van der Waals surface area contributed by atoms with E-state index < -0.39 is 0 Å². The summed E-state index contributed by atoms with van der Waals surface area (Å²) in [4.78, 5) is 31.1. The maximum atomic E-state index is 12.8. The van der Waals surface area contributed by atoms with Crippen molar-refractivity contribution in [3.63, 3.8) is 0 Å². The lowest BCUT2D eigenvalue weighted by Gasteiger charge is -2.20. The first-order valence-corrected chi connectivity index (χ1v) is 10.2. The van der Waals surface area contributed by atoms with Crippen molar-refractivity contribution < 1.29 is 9.59 Å². The number of anilines is 1. The van der Waals surface area contributed by atoms with Gasteiger partial charge in [0.15, 0.2) is 0 Å². The molecule has 1 N–H and O–H groups in total. The number of hydrogen-bond donors (Lipinski definition) is 1. The number of hydrogen-bond acceptors (Lipinski definition) is 3. The van der Waals surface area contributed by atoms with Crippen LogP contribution in [0.25, 0.3) is 11.0 Å². The summed E-state index contributed by atoms with van der Waals surface area (Å²) in [5, 5.41) is 3.49. The SMILES string of the molecule is Cc1nc2ccccc2n1CCCNC(=O)c1ccc(Cl)cc1N1CCCC1=O. The first-order chi connectivity index (χ1) is 14.0. The van der Waals surface area contributed by atoms with Crippen LogP contribution in [-0.2, 0) is 11.3 Å². The molecular formula is C22H23ClN4O2. The van der Waals surface area contributed by atoms with E-state index >= 15 is 0 Å². The number of benzene rings is 2. The maximum absolute atomic E-state index is 12.8. The summed E-state index contributed by atoms with van der Waals surface area (Å²) in [5.74, 6) is 0.803. The summed E-state index contributed by atoms with van der Waals surface area (Å²) in [6.07, 6.45) is 2.08. The summed E-state index contributed by atoms with van der Waals surface area (Å²) in [6, 6.07) is 13.1. The molecule has 1 fully saturated rings. The third-order valence-electron chi connectivity index (χ3n) is 5.26. The zero-order valence-corrected chi connectivity index (χ0v) is 17.1. The maximum Gasteiger partial charge on any atom is 0.253 e. The van der Waals surface area contributed by atoms with Crippen LogP contribution in [0.3, 0.4) is 0 Å². The van der Waals surface area contributed by atoms with Crippen molar-refractivity contribution in [2.75, 3.05) is 18.0 Å². The number of carbonyl (C=O) groups is 2. The molecule has 2 amide bonds. The Bertz CT molecular complexity index is 1080. The molecule has 1 aromatic heterocycles. The Morgan fingerprint density at radius 1 is 1.24 bits per heavy atom. The summed E-state index contributed by atoms with van der Waals surface area (Å²) in [5.41, 5.74) is 3.15. The summed E-state index contributed by atoms with van der Waals surface area (Å²) in [6.45, 7) is 3.91. The molecule has 0 saturated carbocycles. The number of halogens is 1. The van der Waals surface area contributed by atoms with Gasteiger partial charge in [0.1, 0.15) is 5.82 Å². The van der Waals surface area contributed by atoms with Crippen LogP contribution >= 0.6 is 11.6 Å². The second kappa shape index (κ2) is 8.25. The van der Waals surface area contributed by atoms with E-state index in [0.29, 0.717) is 35.8 Å². The molecule has 0 atom stereocenters. The highest BCUT2D eigenvalue weighted by molar-refractivity contribution is 6.31. The first-order valence-electron chi connectivity index (χ1n) is 9.84. The molecule has 2 aromatic carbocycles. The van der Waals surface area contributed by atoms with E-state index in [0.717, 1.165) is 36.2 Å². The van der Waals surface area contributed by atoms with Crippen molar-refractivity contribution in [1.82, 2.24) is 14.9 Å². The molecule has 1 aliphatic rings. The average molecular weight is 411 g/mol. The lowest BCUT2D eigenvalue weighted by molar-refractivity contribution is -0.117. The number of nitrogens with one attached hydrogen (secondary N) is 1. The van der Waals surface area contributed by atoms with Gasteiger partial charge in [0, 0.05) is 31.1 Å². The van der Waals surface area contributed by atoms with Gasteiger partial charge in [-0.2, -0.15) is 0 Å². The van der Waals surface area contributed by atoms with Crippen molar-refractivity contribution in [2.24, 2.45) is 0 Å². The van der Waals surface area contributed by atoms with Crippen LogP contribution in [0.5, 0.6) is 0 Å². The molecule has 3 aromatic rings. The van der Waals surface area contributed by atoms with E-state index in [1.807, 2.05) is 25.1 Å². The smallest absolute Gasteiger partial charge is 0.253 e. The number of aryl methyl sites for hydroxylation is 2. The van der Waals surface area contributed by atoms with Crippen LogP contribution in [0.4, 0.5) is 5.69 Å². The van der Waals surface area contributed by atoms with Gasteiger partial charge in [-0.15, -0.1) is 0 Å². The Labute approximate surface area is 174 Å². The van der Waals surface area contributed by atoms with Gasteiger partial charge in [-0.3, -0.25) is 9.59 Å². The fraction of sp³-hybridized carbons (Fsp3) is 0.318. The van der Waals surface area contributed by atoms with Crippen LogP contribution in [0.1, 0.15) is 35.4 Å². The summed E-state index contributed by atoms with van der Waals surface area (Å²) < 4.78 is 2.16. The molecule has 0 bridgehead atoms. The molecule has 6 nitrogen and oxygen atoms in total. The van der Waals surface area contributed by atoms with E-state index in [-0.39, 0.29) is 11.8 Å². The average Bonchev–Trinajstić information content (AvgIpc) is 3.27. The summed E-state index contributed by atoms with van der Waals surface area (Å²) in [7, 11) is 0. The lowest BCUT2D eigenvalue weighted by atomic mass is 10.1. The summed E-state index contributed by atoms with van der Waals surface area (Å²) >= 11 is 6.12. The molecule has 29 heavy (non-hydrogen) atoms. The second-order valence-corrected chi connectivity index (χ2v) is 7.66. The Hall–Kier alpha value is -2.86. The van der Waals surface area contributed by atoms with Crippen molar-refractivity contribution in [3.05, 3.63) is 58.9 Å². The van der Waals surface area contributed by atoms with Gasteiger partial charge in [-0.1, -0.05) is 23.7 Å². The van der Waals surface area contributed by atoms with Gasteiger partial charge in [0.05, 0.1) is 22.3 Å². The fourth-order valence-corrected chi connectivity index (χ4v) is 4.00. The lowest BCUT2D eigenvalue weighted by Crippen LogP contribution is -2.30. The van der Waals surface area contributed by atoms with E-state index in [4.69, 9.17) is 11.6 Å². The van der Waals surface area contributed by atoms with E-state index in [1.54, 1.807) is 23.1 Å². The third kappa shape index (κ3) is 3.98. The van der Waals surface area contributed by atoms with Crippen LogP contribution in [-0.4, -0.2) is 34.5 Å². The minimum Gasteiger partial charge on any atom is -0.352 e. The standard InChI is InChI=1S/C22H23ClN4O2/c1-15-25-18-6-2-3-7-19(18)26(15)13-5-11-24-22(29)17-10-9-16(23)14-20(17)27-12-4-8-21(27)28/h2-3,6-7,9-10,14H,4-5,8,11-13H2,1H3,(H,24,29). The highest BCUT2D eigenvalue weighted by Gasteiger charge is 2.26. The Balaban J connectivity index is 1.41. The van der Waals surface area contributed by atoms with E-state index in [9.17, 15) is 9.59 Å². The topological polar surface area (TPSA) is 67.2 Å². The largest absolute Gasteiger partial charge is 0.352 e. The Morgan fingerprint density at radius 3 is 2.86 bits per heavy atom. The van der Waals surface area contributed by atoms with Crippen molar-refractivity contribution >= 4 is 40.1 Å². The fourth-order valence-electron chi connectivity index (χ4n) is 3.84. The first kappa shape index (κ1) is 19.5. The zero-order valence-electron chi connectivity index (χ0n) is 16.3. The molecule has 1 aliphatic heterocycles. The van der Waals surface area contributed by atoms with Gasteiger partial charge in [-0.25, -0.2) is 4.98 Å². The molecule has 4 rings (SSSR count). The van der Waals surface area contributed by atoms with Crippen molar-refractivity contribution in [2.45, 2.75) is 32.7 Å². The molecule has 0 unspecified atom stereocenters. The normalized spacial score (nSPS) is 14.0. The van der Waals surface area contributed by atoms with Gasteiger partial charge >= 0.3 is 0 Å². The van der Waals surface area contributed by atoms with Crippen LogP contribution < -0.4 is 10.2 Å². The monoisotopic (exact) mass is 410 g/mol. The molecule has 0 spiro atoms. The molecule has 2 heterocycles. The van der Waals surface area contributed by atoms with Gasteiger partial charge < -0.3 is 14.8 Å². The van der Waals surface area contributed by atoms with Crippen molar-refractivity contribution in [3.8, 4) is 0 Å². The number of para-hydroxylation sites is 2. The molecule has 1 saturated heterocycles. The van der Waals surface area contributed by atoms with Crippen LogP contribution in [0.2, 0.25) is 5.02 Å². The third-order valence-corrected chi connectivity index (χ3v) is 5.49. The quantitative estimate of drug-likeness (QED) is 0.626. The number of fused-ring (bicyclic) bond motifs is 1. The molecular weight excluding hydrogens is 388 g/mol. The Morgan fingerprint density at radius 2 is 2.07 bits per heavy atom. The minimum absolute atomic E-state index is 0.0313. The number of nitrogens with zero attached hydrogens (tertiary/aromatic N) is 3. The predicted molar refractivity (Wildman–Crippen MR) is 114 cm³/mol. The number of carbonyl (C=O) groups excluding carboxylic acids is 2. The number of amides is 2. The zero-order chi connectivity index (χ0) is 20.4. The molecule has 0 radical (unpaired) electrons. The van der Waals surface area contributed by atoms with Crippen LogP contribution in [0, 0.1) is 6.92 Å². The van der Waals surface area contributed by atoms with Crippen molar-refractivity contribution in [1.29, 1.82) is 0 Å². The van der Waals surface area contributed by atoms with Gasteiger partial charge in [0.2, 0.25) is 5.91 Å². The van der Waals surface area contributed by atoms with E-state index in [1.165, 1.54) is 0 Å². The van der Waals surface area contributed by atoms with E-state index in [2.05, 4.69) is 20.9 Å². The highest BCUT2D eigenvalue weighted by Crippen LogP contribution is 2.28. The highest BCUT2D eigenvalue weighted by atomic mass is 35.5. The number of aromatic nitrogens is 2. The van der Waals surface area contributed by atoms with Crippen LogP contribution in [0.15, 0.2) is 42.5 Å². The molecule has 150 valence electrons. The Kier molecular flexibility index (Phi) is 5.53. The number of imidazole rings is 1.